The van der Waals surface area contributed by atoms with Gasteiger partial charge in [-0.3, -0.25) is 9.59 Å². The van der Waals surface area contributed by atoms with E-state index < -0.39 is 42.5 Å². The van der Waals surface area contributed by atoms with Gasteiger partial charge in [0.2, 0.25) is 0 Å². The predicted octanol–water partition coefficient (Wildman–Crippen LogP) is -1.18. The molecule has 6 N–H and O–H groups in total. The molecule has 0 aliphatic rings. The molecule has 0 atom stereocenters. The topological polar surface area (TPSA) is 190 Å². The second-order valence-electron chi connectivity index (χ2n) is 2.76. The maximum atomic E-state index is 10.3. The Morgan fingerprint density at radius 2 is 1.06 bits per heavy atom. The number of carboxylic acid groups (broad SMARTS) is 5. The van der Waals surface area contributed by atoms with Gasteiger partial charge >= 0.3 is 61.8 Å². The van der Waals surface area contributed by atoms with E-state index in [4.69, 9.17) is 35.4 Å². The first-order valence-corrected chi connectivity index (χ1v) is 3.82. The van der Waals surface area contributed by atoms with E-state index in [0.717, 1.165) is 0 Å². The van der Waals surface area contributed by atoms with Crippen molar-refractivity contribution in [1.29, 1.82) is 0 Å². The van der Waals surface area contributed by atoms with E-state index in [9.17, 15) is 14.4 Å². The Labute approximate surface area is 132 Å². The molecule has 0 aromatic heterocycles. The Hall–Kier alpha value is -1.10. The summed E-state index contributed by atoms with van der Waals surface area (Å²) < 4.78 is 0. The number of aliphatic hydroxyl groups is 1. The molecule has 0 aromatic carbocycles. The van der Waals surface area contributed by atoms with E-state index >= 15 is 0 Å². The largest absolute Gasteiger partial charge is 2.00 e. The molecule has 0 rings (SSSR count). The molecule has 0 unspecified atom stereocenters. The third-order valence-electron chi connectivity index (χ3n) is 1.29. The van der Waals surface area contributed by atoms with Gasteiger partial charge in [-0.25, -0.2) is 9.59 Å². The van der Waals surface area contributed by atoms with Crippen LogP contribution in [0, 0.1) is 0 Å². The van der Waals surface area contributed by atoms with Crippen molar-refractivity contribution in [3.8, 4) is 0 Å². The van der Waals surface area contributed by atoms with Gasteiger partial charge in [0.1, 0.15) is 0 Å². The summed E-state index contributed by atoms with van der Waals surface area (Å²) in [5.41, 5.74) is -2.74. The Morgan fingerprint density at radius 3 is 1.17 bits per heavy atom. The standard InChI is InChI=1S/C6H8O7.CH2O3.Ca.2H/c7-3(8)1-6(13,5(11)12)2-4(9)10;2-1(3)4;;;/h13H,1-2H2,(H,7,8)(H,9,10)(H,11,12);(H2,2,3,4);;;/q;;+2;2*-1. The molecule has 0 amide bonds. The minimum absolute atomic E-state index is 0. The molecular formula is C7H12CaO10. The Morgan fingerprint density at radius 1 is 0.833 bits per heavy atom. The molecule has 0 radical (unpaired) electrons. The molecule has 0 saturated carbocycles. The van der Waals surface area contributed by atoms with Crippen LogP contribution < -0.4 is 0 Å². The minimum Gasteiger partial charge on any atom is -1.00 e. The molecule has 18 heavy (non-hydrogen) atoms. The molecule has 0 spiro atoms. The average molecular weight is 296 g/mol. The number of hydrogen-bond acceptors (Lipinski definition) is 5. The van der Waals surface area contributed by atoms with Crippen LogP contribution in [-0.4, -0.2) is 98.0 Å². The first-order chi connectivity index (χ1) is 7.51. The van der Waals surface area contributed by atoms with Crippen LogP contribution >= 0.6 is 0 Å². The fourth-order valence-electron chi connectivity index (χ4n) is 0.714. The number of hydrogen-bond donors (Lipinski definition) is 6. The number of carboxylic acids is 3. The fraction of sp³-hybridized carbons (Fsp3) is 0.429. The van der Waals surface area contributed by atoms with Gasteiger partial charge in [0.25, 0.3) is 0 Å². The fourth-order valence-corrected chi connectivity index (χ4v) is 0.714. The smallest absolute Gasteiger partial charge is 1.00 e. The zero-order chi connectivity index (χ0) is 14.2. The van der Waals surface area contributed by atoms with Crippen molar-refractivity contribution in [2.45, 2.75) is 18.4 Å². The van der Waals surface area contributed by atoms with Crippen molar-refractivity contribution in [2.75, 3.05) is 0 Å². The van der Waals surface area contributed by atoms with E-state index in [2.05, 4.69) is 0 Å². The normalized spacial score (nSPS) is 9.17. The maximum absolute atomic E-state index is 10.3. The van der Waals surface area contributed by atoms with E-state index in [0.29, 0.717) is 0 Å². The summed E-state index contributed by atoms with van der Waals surface area (Å²) in [6.45, 7) is 0. The van der Waals surface area contributed by atoms with Crippen molar-refractivity contribution in [2.24, 2.45) is 0 Å². The van der Waals surface area contributed by atoms with Crippen LogP contribution in [0.25, 0.3) is 0 Å². The van der Waals surface area contributed by atoms with Crippen molar-refractivity contribution in [3.05, 3.63) is 0 Å². The van der Waals surface area contributed by atoms with Crippen LogP contribution in [0.3, 0.4) is 0 Å². The van der Waals surface area contributed by atoms with Crippen molar-refractivity contribution in [3.63, 3.8) is 0 Å². The first kappa shape index (κ1) is 22.1. The predicted molar refractivity (Wildman–Crippen MR) is 55.7 cm³/mol. The van der Waals surface area contributed by atoms with Gasteiger partial charge < -0.3 is 33.5 Å². The minimum atomic E-state index is -2.74. The molecule has 10 nitrogen and oxygen atoms in total. The third-order valence-corrected chi connectivity index (χ3v) is 1.29. The van der Waals surface area contributed by atoms with E-state index in [1.807, 2.05) is 0 Å². The molecule has 102 valence electrons. The zero-order valence-corrected chi connectivity index (χ0v) is 11.1. The van der Waals surface area contributed by atoms with E-state index in [1.54, 1.807) is 0 Å². The Balaban J connectivity index is -0.0000000951. The quantitative estimate of drug-likeness (QED) is 0.336. The van der Waals surface area contributed by atoms with Gasteiger partial charge in [-0.05, 0) is 0 Å². The van der Waals surface area contributed by atoms with Crippen LogP contribution in [0.2, 0.25) is 0 Å². The molecule has 0 fully saturated rings. The second kappa shape index (κ2) is 9.88. The van der Waals surface area contributed by atoms with E-state index in [-0.39, 0.29) is 40.6 Å². The number of rotatable bonds is 5. The molecule has 11 heteroatoms. The average Bonchev–Trinajstić information content (AvgIpc) is 1.98. The Bertz CT molecular complexity index is 314. The zero-order valence-electron chi connectivity index (χ0n) is 10.9. The summed E-state index contributed by atoms with van der Waals surface area (Å²) >= 11 is 0. The van der Waals surface area contributed by atoms with Gasteiger partial charge in [0, 0.05) is 0 Å². The molecule has 0 aliphatic heterocycles. The molecule has 0 bridgehead atoms. The molecule has 0 aliphatic carbocycles. The summed E-state index contributed by atoms with van der Waals surface area (Å²) in [7, 11) is 0. The van der Waals surface area contributed by atoms with Gasteiger partial charge in [-0.1, -0.05) is 0 Å². The Kier molecular flexibility index (Phi) is 12.1. The van der Waals surface area contributed by atoms with Gasteiger partial charge in [0.15, 0.2) is 5.60 Å². The summed E-state index contributed by atoms with van der Waals surface area (Å²) in [5.74, 6) is -5.02. The number of aliphatic carboxylic acids is 3. The van der Waals surface area contributed by atoms with Crippen molar-refractivity contribution in [1.82, 2.24) is 0 Å². The van der Waals surface area contributed by atoms with E-state index in [1.165, 1.54) is 0 Å². The van der Waals surface area contributed by atoms with Crippen LogP contribution in [0.4, 0.5) is 4.79 Å². The van der Waals surface area contributed by atoms with Crippen molar-refractivity contribution >= 4 is 61.8 Å². The molecule has 0 saturated heterocycles. The number of carbonyl (C=O) groups is 4. The third kappa shape index (κ3) is 13.0. The second-order valence-corrected chi connectivity index (χ2v) is 2.76. The van der Waals surface area contributed by atoms with Crippen LogP contribution in [0.5, 0.6) is 0 Å². The SMILES string of the molecule is O=C(O)CC(O)(CC(=O)O)C(=O)O.O=C(O)O.[Ca+2].[H-].[H-]. The monoisotopic (exact) mass is 296 g/mol. The van der Waals surface area contributed by atoms with Crippen LogP contribution in [-0.2, 0) is 14.4 Å². The summed E-state index contributed by atoms with van der Waals surface area (Å²) in [6, 6.07) is 0. The van der Waals surface area contributed by atoms with Gasteiger partial charge in [-0.15, -0.1) is 0 Å². The van der Waals surface area contributed by atoms with Crippen LogP contribution in [0.1, 0.15) is 15.7 Å². The molecule has 0 aromatic rings. The molecular weight excluding hydrogens is 284 g/mol. The van der Waals surface area contributed by atoms with Crippen molar-refractivity contribution < 1.29 is 52.7 Å². The van der Waals surface area contributed by atoms with Crippen LogP contribution in [0.15, 0.2) is 0 Å². The summed E-state index contributed by atoms with van der Waals surface area (Å²) in [4.78, 5) is 39.0. The van der Waals surface area contributed by atoms with Gasteiger partial charge in [0.05, 0.1) is 12.8 Å². The van der Waals surface area contributed by atoms with Gasteiger partial charge in [-0.2, -0.15) is 0 Å². The summed E-state index contributed by atoms with van der Waals surface area (Å²) in [5, 5.41) is 47.8. The first-order valence-electron chi connectivity index (χ1n) is 3.82. The molecule has 0 heterocycles. The summed E-state index contributed by atoms with van der Waals surface area (Å²) in [6.07, 6.45) is -4.12. The maximum Gasteiger partial charge on any atom is 2.00 e.